The summed E-state index contributed by atoms with van der Waals surface area (Å²) in [7, 11) is 0. The molecule has 2 heterocycles. The fourth-order valence-electron chi connectivity index (χ4n) is 7.63. The lowest BCUT2D eigenvalue weighted by atomic mass is 9.45. The molecule has 0 aromatic rings. The lowest BCUT2D eigenvalue weighted by Crippen LogP contribution is -2.57. The number of hydrogen-bond donors (Lipinski definition) is 1. The van der Waals surface area contributed by atoms with Gasteiger partial charge in [-0.15, -0.1) is 0 Å². The Morgan fingerprint density at radius 2 is 1.97 bits per heavy atom. The largest absolute Gasteiger partial charge is 0.457 e. The molecule has 1 unspecified atom stereocenters. The van der Waals surface area contributed by atoms with Crippen LogP contribution in [0.4, 0.5) is 0 Å². The topological polar surface area (TPSA) is 82.1 Å². The van der Waals surface area contributed by atoms with E-state index in [0.29, 0.717) is 35.3 Å². The zero-order valence-corrected chi connectivity index (χ0v) is 20.8. The van der Waals surface area contributed by atoms with Crippen molar-refractivity contribution in [1.82, 2.24) is 0 Å². The SMILES string of the molecule is CC(=O)O[C@H](C/C=C1/CC[C@@H]2[C@@]3(C)CCCC(C)(C)[C@@H]3CC[C@@]2(C)OC1)C1=CC(=O)OC1O. The summed E-state index contributed by atoms with van der Waals surface area (Å²) >= 11 is 0. The van der Waals surface area contributed by atoms with Gasteiger partial charge in [-0.3, -0.25) is 4.79 Å². The molecule has 4 aliphatic rings. The highest BCUT2D eigenvalue weighted by Crippen LogP contribution is 2.64. The van der Waals surface area contributed by atoms with Crippen LogP contribution in [0, 0.1) is 22.7 Å². The highest BCUT2D eigenvalue weighted by molar-refractivity contribution is 5.86. The van der Waals surface area contributed by atoms with Crippen molar-refractivity contribution in [2.24, 2.45) is 22.7 Å². The van der Waals surface area contributed by atoms with Gasteiger partial charge in [0.2, 0.25) is 6.29 Å². The van der Waals surface area contributed by atoms with Crippen LogP contribution in [0.25, 0.3) is 0 Å². The van der Waals surface area contributed by atoms with Crippen molar-refractivity contribution in [3.63, 3.8) is 0 Å². The molecule has 6 atom stereocenters. The zero-order valence-electron chi connectivity index (χ0n) is 20.8. The Hall–Kier alpha value is -1.66. The highest BCUT2D eigenvalue weighted by atomic mass is 16.6. The fraction of sp³-hybridized carbons (Fsp3) is 0.778. The minimum atomic E-state index is -1.36. The zero-order chi connectivity index (χ0) is 24.0. The predicted molar refractivity (Wildman–Crippen MR) is 124 cm³/mol. The van der Waals surface area contributed by atoms with Gasteiger partial charge in [0, 0.05) is 25.0 Å². The molecule has 1 saturated heterocycles. The van der Waals surface area contributed by atoms with Crippen molar-refractivity contribution in [3.8, 4) is 0 Å². The van der Waals surface area contributed by atoms with Gasteiger partial charge in [0.05, 0.1) is 12.2 Å². The minimum Gasteiger partial charge on any atom is -0.457 e. The third-order valence-electron chi connectivity index (χ3n) is 9.18. The van der Waals surface area contributed by atoms with E-state index in [1.807, 2.05) is 0 Å². The summed E-state index contributed by atoms with van der Waals surface area (Å²) in [4.78, 5) is 23.2. The van der Waals surface area contributed by atoms with Crippen LogP contribution in [-0.2, 0) is 23.8 Å². The average molecular weight is 461 g/mol. The first-order chi connectivity index (χ1) is 15.4. The summed E-state index contributed by atoms with van der Waals surface area (Å²) in [5, 5.41) is 10.0. The van der Waals surface area contributed by atoms with E-state index < -0.39 is 24.3 Å². The molecule has 2 aliphatic carbocycles. The van der Waals surface area contributed by atoms with Crippen molar-refractivity contribution < 1.29 is 28.9 Å². The second-order valence-corrected chi connectivity index (χ2v) is 11.8. The molecule has 2 saturated carbocycles. The van der Waals surface area contributed by atoms with Gasteiger partial charge in [0.15, 0.2) is 0 Å². The van der Waals surface area contributed by atoms with Crippen molar-refractivity contribution >= 4 is 11.9 Å². The van der Waals surface area contributed by atoms with Crippen molar-refractivity contribution in [2.75, 3.05) is 6.61 Å². The normalized spacial score (nSPS) is 40.2. The summed E-state index contributed by atoms with van der Waals surface area (Å²) in [6.07, 6.45) is 9.84. The van der Waals surface area contributed by atoms with Gasteiger partial charge >= 0.3 is 11.9 Å². The number of ether oxygens (including phenoxy) is 3. The number of aliphatic hydroxyl groups excluding tert-OH is 1. The maximum Gasteiger partial charge on any atom is 0.333 e. The van der Waals surface area contributed by atoms with Crippen LogP contribution >= 0.6 is 0 Å². The number of rotatable bonds is 4. The Morgan fingerprint density at radius 1 is 1.21 bits per heavy atom. The molecule has 6 heteroatoms. The molecule has 6 nitrogen and oxygen atoms in total. The van der Waals surface area contributed by atoms with Gasteiger partial charge in [-0.25, -0.2) is 4.79 Å². The van der Waals surface area contributed by atoms with Crippen LogP contribution < -0.4 is 0 Å². The van der Waals surface area contributed by atoms with Crippen LogP contribution in [0.5, 0.6) is 0 Å². The van der Waals surface area contributed by atoms with E-state index in [9.17, 15) is 14.7 Å². The molecule has 2 aliphatic heterocycles. The van der Waals surface area contributed by atoms with E-state index in [4.69, 9.17) is 14.2 Å². The number of aliphatic hydroxyl groups is 1. The molecular formula is C27H40O6. The molecule has 4 rings (SSSR count). The molecule has 184 valence electrons. The van der Waals surface area contributed by atoms with E-state index in [1.54, 1.807) is 0 Å². The average Bonchev–Trinajstić information content (AvgIpc) is 2.93. The number of fused-ring (bicyclic) bond motifs is 3. The quantitative estimate of drug-likeness (QED) is 0.477. The molecule has 0 spiro atoms. The first-order valence-electron chi connectivity index (χ1n) is 12.5. The van der Waals surface area contributed by atoms with E-state index in [1.165, 1.54) is 44.3 Å². The first kappa shape index (κ1) is 24.5. The number of cyclic esters (lactones) is 1. The third kappa shape index (κ3) is 4.66. The Bertz CT molecular complexity index is 857. The summed E-state index contributed by atoms with van der Waals surface area (Å²) in [5.41, 5.74) is 2.04. The van der Waals surface area contributed by atoms with Crippen molar-refractivity contribution in [2.45, 2.75) is 104 Å². The molecule has 1 N–H and O–H groups in total. The van der Waals surface area contributed by atoms with E-state index in [0.717, 1.165) is 25.2 Å². The summed E-state index contributed by atoms with van der Waals surface area (Å²) < 4.78 is 16.9. The fourth-order valence-corrected chi connectivity index (χ4v) is 7.63. The molecular weight excluding hydrogens is 420 g/mol. The number of carbonyl (C=O) groups excluding carboxylic acids is 2. The molecule has 0 aromatic carbocycles. The van der Waals surface area contributed by atoms with Gasteiger partial charge in [-0.1, -0.05) is 33.3 Å². The lowest BCUT2D eigenvalue weighted by molar-refractivity contribution is -0.183. The summed E-state index contributed by atoms with van der Waals surface area (Å²) in [6.45, 7) is 11.6. The lowest BCUT2D eigenvalue weighted by Gasteiger charge is -2.62. The van der Waals surface area contributed by atoms with Crippen LogP contribution in [0.15, 0.2) is 23.3 Å². The van der Waals surface area contributed by atoms with Crippen molar-refractivity contribution in [3.05, 3.63) is 23.3 Å². The minimum absolute atomic E-state index is 0.117. The number of esters is 2. The van der Waals surface area contributed by atoms with Gasteiger partial charge in [0.25, 0.3) is 0 Å². The van der Waals surface area contributed by atoms with E-state index >= 15 is 0 Å². The second kappa shape index (κ2) is 8.84. The van der Waals surface area contributed by atoms with E-state index in [2.05, 4.69) is 33.8 Å². The van der Waals surface area contributed by atoms with Crippen LogP contribution in [-0.4, -0.2) is 41.6 Å². The second-order valence-electron chi connectivity index (χ2n) is 11.8. The standard InChI is InChI=1S/C27H40O6/c1-17(28)32-20(19-15-23(29)33-24(19)30)9-7-18-8-10-22-26(4)13-6-12-25(2,3)21(26)11-14-27(22,5)31-16-18/h7,15,20-22,24,30H,6,8-14,16H2,1-5H3/b18-7-/t20-,21+,22-,24?,26+,27-/m1/s1. The van der Waals surface area contributed by atoms with Crippen LogP contribution in [0.3, 0.4) is 0 Å². The Kier molecular flexibility index (Phi) is 6.56. The number of hydrogen-bond acceptors (Lipinski definition) is 6. The van der Waals surface area contributed by atoms with Gasteiger partial charge in [0.1, 0.15) is 6.10 Å². The predicted octanol–water partition coefficient (Wildman–Crippen LogP) is 4.85. The molecule has 0 bridgehead atoms. The van der Waals surface area contributed by atoms with Gasteiger partial charge < -0.3 is 19.3 Å². The van der Waals surface area contributed by atoms with Gasteiger partial charge in [-0.05, 0) is 73.7 Å². The third-order valence-corrected chi connectivity index (χ3v) is 9.18. The van der Waals surface area contributed by atoms with Crippen molar-refractivity contribution in [1.29, 1.82) is 0 Å². The Morgan fingerprint density at radius 3 is 2.64 bits per heavy atom. The smallest absolute Gasteiger partial charge is 0.333 e. The Balaban J connectivity index is 1.51. The Labute approximate surface area is 197 Å². The monoisotopic (exact) mass is 460 g/mol. The maximum atomic E-state index is 11.6. The maximum absolute atomic E-state index is 11.6. The molecule has 33 heavy (non-hydrogen) atoms. The molecule has 0 amide bonds. The van der Waals surface area contributed by atoms with Crippen LogP contribution in [0.1, 0.15) is 86.0 Å². The summed E-state index contributed by atoms with van der Waals surface area (Å²) in [5.74, 6) is 0.173. The molecule has 3 fully saturated rings. The van der Waals surface area contributed by atoms with Crippen LogP contribution in [0.2, 0.25) is 0 Å². The molecule has 0 radical (unpaired) electrons. The highest BCUT2D eigenvalue weighted by Gasteiger charge is 2.59. The van der Waals surface area contributed by atoms with E-state index in [-0.39, 0.29) is 5.60 Å². The molecule has 0 aromatic heterocycles. The number of carbonyl (C=O) groups is 2. The first-order valence-corrected chi connectivity index (χ1v) is 12.5. The van der Waals surface area contributed by atoms with Gasteiger partial charge in [-0.2, -0.15) is 0 Å². The summed E-state index contributed by atoms with van der Waals surface area (Å²) in [6, 6.07) is 0.